The van der Waals surface area contributed by atoms with Crippen molar-refractivity contribution in [1.82, 2.24) is 19.5 Å². The molecule has 3 heterocycles. The highest BCUT2D eigenvalue weighted by molar-refractivity contribution is 7.81. The predicted molar refractivity (Wildman–Crippen MR) is 80.4 cm³/mol. The van der Waals surface area contributed by atoms with Gasteiger partial charge in [-0.05, 0) is 0 Å². The molecule has 0 spiro atoms. The number of phosphoric ester groups is 1. The quantitative estimate of drug-likeness (QED) is 0.338. The zero-order valence-electron chi connectivity index (χ0n) is 11.5. The second-order valence-electron chi connectivity index (χ2n) is 4.92. The summed E-state index contributed by atoms with van der Waals surface area (Å²) in [6.07, 6.45) is -0.151. The topological polar surface area (TPSA) is 166 Å². The summed E-state index contributed by atoms with van der Waals surface area (Å²) in [5.41, 5.74) is 6.48. The van der Waals surface area contributed by atoms with Crippen LogP contribution >= 0.6 is 20.5 Å². The molecule has 1 aliphatic heterocycles. The average Bonchev–Trinajstić information content (AvgIpc) is 3.01. The monoisotopic (exact) mass is 363 g/mol. The number of ether oxygens (including phenoxy) is 1. The Labute approximate surface area is 135 Å². The Morgan fingerprint density at radius 2 is 2.17 bits per heavy atom. The van der Waals surface area contributed by atoms with Gasteiger partial charge in [-0.2, -0.15) is 12.6 Å². The molecule has 4 atom stereocenters. The zero-order valence-corrected chi connectivity index (χ0v) is 13.3. The lowest BCUT2D eigenvalue weighted by Crippen LogP contribution is -2.30. The van der Waals surface area contributed by atoms with E-state index in [9.17, 15) is 9.67 Å². The first kappa shape index (κ1) is 16.6. The molecular weight excluding hydrogens is 349 g/mol. The van der Waals surface area contributed by atoms with Crippen LogP contribution in [0, 0.1) is 0 Å². The molecule has 11 nitrogen and oxygen atoms in total. The van der Waals surface area contributed by atoms with Gasteiger partial charge in [-0.25, -0.2) is 19.5 Å². The highest BCUT2D eigenvalue weighted by Crippen LogP contribution is 2.40. The molecule has 0 saturated carbocycles. The molecule has 126 valence electrons. The number of nitrogens with two attached hydrogens (primary N) is 1. The molecule has 0 radical (unpaired) electrons. The molecule has 1 fully saturated rings. The minimum absolute atomic E-state index is 0.199. The van der Waals surface area contributed by atoms with Crippen molar-refractivity contribution < 1.29 is 28.7 Å². The second-order valence-corrected chi connectivity index (χ2v) is 6.75. The maximum Gasteiger partial charge on any atom is 0.469 e. The summed E-state index contributed by atoms with van der Waals surface area (Å²) in [6.45, 7) is -0.483. The van der Waals surface area contributed by atoms with Crippen LogP contribution < -0.4 is 5.73 Å². The minimum Gasteiger partial charge on any atom is -0.389 e. The molecule has 0 amide bonds. The van der Waals surface area contributed by atoms with E-state index in [0.29, 0.717) is 11.2 Å². The number of hydrogen-bond acceptors (Lipinski definition) is 9. The minimum atomic E-state index is -4.66. The second kappa shape index (κ2) is 5.98. The number of aliphatic hydroxyl groups excluding tert-OH is 1. The van der Waals surface area contributed by atoms with Crippen LogP contribution in [0.4, 0.5) is 5.82 Å². The summed E-state index contributed by atoms with van der Waals surface area (Å²) in [7, 11) is -4.66. The van der Waals surface area contributed by atoms with Crippen LogP contribution in [0.5, 0.6) is 0 Å². The number of nitrogens with zero attached hydrogens (tertiary/aromatic N) is 4. The Morgan fingerprint density at radius 3 is 2.87 bits per heavy atom. The van der Waals surface area contributed by atoms with Crippen molar-refractivity contribution in [3.05, 3.63) is 12.7 Å². The summed E-state index contributed by atoms with van der Waals surface area (Å²) in [4.78, 5) is 29.5. The number of phosphoric acid groups is 1. The number of imidazole rings is 1. The van der Waals surface area contributed by atoms with Crippen molar-refractivity contribution in [2.45, 2.75) is 23.7 Å². The fraction of sp³-hybridized carbons (Fsp3) is 0.500. The smallest absolute Gasteiger partial charge is 0.389 e. The lowest BCUT2D eigenvalue weighted by Gasteiger charge is -2.16. The number of hydrogen-bond donors (Lipinski definition) is 5. The average molecular weight is 363 g/mol. The molecule has 0 aliphatic carbocycles. The Balaban J connectivity index is 1.85. The fourth-order valence-corrected chi connectivity index (χ4v) is 3.07. The van der Waals surface area contributed by atoms with Crippen molar-refractivity contribution >= 4 is 37.4 Å². The fourth-order valence-electron chi connectivity index (χ4n) is 2.32. The van der Waals surface area contributed by atoms with Gasteiger partial charge in [0.05, 0.1) is 24.3 Å². The van der Waals surface area contributed by atoms with Gasteiger partial charge in [0.15, 0.2) is 17.7 Å². The largest absolute Gasteiger partial charge is 0.469 e. The van der Waals surface area contributed by atoms with Gasteiger partial charge in [-0.15, -0.1) is 0 Å². The molecule has 0 bridgehead atoms. The van der Waals surface area contributed by atoms with Crippen LogP contribution in [-0.2, 0) is 13.8 Å². The summed E-state index contributed by atoms with van der Waals surface area (Å²) in [5, 5.41) is 9.44. The number of nitrogen functional groups attached to an aromatic ring is 1. The number of rotatable bonds is 4. The van der Waals surface area contributed by atoms with E-state index in [4.69, 9.17) is 20.3 Å². The van der Waals surface area contributed by atoms with E-state index in [1.165, 1.54) is 17.2 Å². The van der Waals surface area contributed by atoms with E-state index in [2.05, 4.69) is 32.1 Å². The first-order valence-electron chi connectivity index (χ1n) is 6.42. The van der Waals surface area contributed by atoms with Crippen LogP contribution in [0.25, 0.3) is 11.2 Å². The number of aliphatic hydroxyl groups is 1. The van der Waals surface area contributed by atoms with Gasteiger partial charge in [-0.1, -0.05) is 0 Å². The summed E-state index contributed by atoms with van der Waals surface area (Å²) >= 11 is 4.30. The van der Waals surface area contributed by atoms with E-state index in [1.807, 2.05) is 0 Å². The van der Waals surface area contributed by atoms with Gasteiger partial charge in [0.1, 0.15) is 17.9 Å². The normalized spacial score (nSPS) is 28.5. The van der Waals surface area contributed by atoms with Gasteiger partial charge >= 0.3 is 7.82 Å². The number of aromatic nitrogens is 4. The molecule has 23 heavy (non-hydrogen) atoms. The van der Waals surface area contributed by atoms with E-state index < -0.39 is 38.1 Å². The van der Waals surface area contributed by atoms with Crippen molar-refractivity contribution in [2.75, 3.05) is 12.3 Å². The maximum absolute atomic E-state index is 10.8. The zero-order chi connectivity index (χ0) is 16.8. The standard InChI is InChI=1S/C10H14N5O6PS/c11-8-5-9(13-2-12-8)15(3-14-5)10-7(23)6(16)4(21-10)1-20-22(17,18)19/h2-4,6-7,10,16,23H,1H2,(H2,11,12,13)(H2,17,18,19). The molecule has 0 aromatic carbocycles. The molecule has 13 heteroatoms. The summed E-state index contributed by atoms with van der Waals surface area (Å²) < 4.78 is 22.3. The molecule has 2 aromatic heterocycles. The van der Waals surface area contributed by atoms with Gasteiger partial charge in [0, 0.05) is 0 Å². The maximum atomic E-state index is 10.8. The number of fused-ring (bicyclic) bond motifs is 1. The molecular formula is C10H14N5O6PS. The number of thiol groups is 1. The molecule has 1 aliphatic rings. The van der Waals surface area contributed by atoms with E-state index >= 15 is 0 Å². The number of anilines is 1. The molecule has 4 unspecified atom stereocenters. The Bertz CT molecular complexity index is 767. The predicted octanol–water partition coefficient (Wildman–Crippen LogP) is -0.926. The van der Waals surface area contributed by atoms with E-state index in [-0.39, 0.29) is 5.82 Å². The van der Waals surface area contributed by atoms with Gasteiger partial charge in [-0.3, -0.25) is 9.09 Å². The third-order valence-corrected chi connectivity index (χ3v) is 4.45. The SMILES string of the molecule is Nc1ncnc2c1ncn2C1OC(COP(=O)(O)O)C(O)C1S. The van der Waals surface area contributed by atoms with Crippen molar-refractivity contribution in [2.24, 2.45) is 0 Å². The van der Waals surface area contributed by atoms with Crippen LogP contribution in [-0.4, -0.2) is 58.5 Å². The third kappa shape index (κ3) is 3.19. The van der Waals surface area contributed by atoms with Crippen LogP contribution in [0.2, 0.25) is 0 Å². The van der Waals surface area contributed by atoms with Gasteiger partial charge in [0.2, 0.25) is 0 Å². The van der Waals surface area contributed by atoms with Crippen LogP contribution in [0.3, 0.4) is 0 Å². The van der Waals surface area contributed by atoms with Gasteiger partial charge in [0.25, 0.3) is 0 Å². The first-order valence-corrected chi connectivity index (χ1v) is 8.47. The molecule has 5 N–H and O–H groups in total. The summed E-state index contributed by atoms with van der Waals surface area (Å²) in [5.74, 6) is 0.199. The molecule has 2 aromatic rings. The van der Waals surface area contributed by atoms with Crippen molar-refractivity contribution in [1.29, 1.82) is 0 Å². The van der Waals surface area contributed by atoms with Gasteiger partial charge < -0.3 is 25.4 Å². The Morgan fingerprint density at radius 1 is 1.43 bits per heavy atom. The highest BCUT2D eigenvalue weighted by atomic mass is 32.1. The first-order chi connectivity index (χ1) is 10.8. The van der Waals surface area contributed by atoms with E-state index in [0.717, 1.165) is 0 Å². The van der Waals surface area contributed by atoms with E-state index in [1.54, 1.807) is 0 Å². The lowest BCUT2D eigenvalue weighted by molar-refractivity contribution is -0.0422. The Hall–Kier alpha value is -1.27. The van der Waals surface area contributed by atoms with Crippen LogP contribution in [0.1, 0.15) is 6.23 Å². The molecule has 1 saturated heterocycles. The van der Waals surface area contributed by atoms with Crippen molar-refractivity contribution in [3.8, 4) is 0 Å². The third-order valence-electron chi connectivity index (χ3n) is 3.41. The van der Waals surface area contributed by atoms with Crippen molar-refractivity contribution in [3.63, 3.8) is 0 Å². The lowest BCUT2D eigenvalue weighted by atomic mass is 10.2. The highest BCUT2D eigenvalue weighted by Gasteiger charge is 2.44. The molecule has 3 rings (SSSR count). The van der Waals surface area contributed by atoms with Crippen LogP contribution in [0.15, 0.2) is 12.7 Å². The Kier molecular flexibility index (Phi) is 4.31. The summed E-state index contributed by atoms with van der Waals surface area (Å²) in [6, 6.07) is 0.